The highest BCUT2D eigenvalue weighted by Gasteiger charge is 2.26. The maximum atomic E-state index is 12.2. The summed E-state index contributed by atoms with van der Waals surface area (Å²) in [6.07, 6.45) is 9.73. The highest BCUT2D eigenvalue weighted by atomic mass is 16.2. The number of hydrogen-bond acceptors (Lipinski definition) is 2. The van der Waals surface area contributed by atoms with Gasteiger partial charge in [-0.25, -0.2) is 0 Å². The molecular formula is C16H28N2O2. The molecule has 1 N–H and O–H groups in total. The van der Waals surface area contributed by atoms with Crippen molar-refractivity contribution >= 4 is 11.8 Å². The summed E-state index contributed by atoms with van der Waals surface area (Å²) >= 11 is 0. The molecule has 2 amide bonds. The van der Waals surface area contributed by atoms with Gasteiger partial charge in [-0.3, -0.25) is 9.59 Å². The van der Waals surface area contributed by atoms with Crippen LogP contribution in [0.5, 0.6) is 0 Å². The lowest BCUT2D eigenvalue weighted by Gasteiger charge is -2.31. The number of rotatable bonds is 4. The van der Waals surface area contributed by atoms with Crippen LogP contribution >= 0.6 is 0 Å². The Hall–Kier alpha value is -1.06. The molecule has 1 aliphatic heterocycles. The molecule has 1 aliphatic carbocycles. The van der Waals surface area contributed by atoms with E-state index in [0.29, 0.717) is 6.54 Å². The van der Waals surface area contributed by atoms with Crippen LogP contribution < -0.4 is 5.32 Å². The van der Waals surface area contributed by atoms with Gasteiger partial charge >= 0.3 is 0 Å². The quantitative estimate of drug-likeness (QED) is 0.859. The van der Waals surface area contributed by atoms with Crippen LogP contribution in [0.25, 0.3) is 0 Å². The van der Waals surface area contributed by atoms with Crippen molar-refractivity contribution in [2.45, 2.75) is 58.3 Å². The van der Waals surface area contributed by atoms with E-state index < -0.39 is 0 Å². The molecule has 114 valence electrons. The van der Waals surface area contributed by atoms with Gasteiger partial charge in [0.05, 0.1) is 5.92 Å². The van der Waals surface area contributed by atoms with Gasteiger partial charge in [0, 0.05) is 26.6 Å². The van der Waals surface area contributed by atoms with Gasteiger partial charge in [0.2, 0.25) is 11.8 Å². The normalized spacial score (nSPS) is 24.4. The highest BCUT2D eigenvalue weighted by molar-refractivity contribution is 5.80. The Morgan fingerprint density at radius 1 is 1.10 bits per heavy atom. The summed E-state index contributed by atoms with van der Waals surface area (Å²) < 4.78 is 0. The SMILES string of the molecule is CC(=O)N1CCC[C@H](C(=O)NCCC2CCCCC2)C1. The zero-order valence-electron chi connectivity index (χ0n) is 12.7. The number of hydrogen-bond donors (Lipinski definition) is 1. The van der Waals surface area contributed by atoms with Crippen LogP contribution in [0.2, 0.25) is 0 Å². The van der Waals surface area contributed by atoms with E-state index >= 15 is 0 Å². The van der Waals surface area contributed by atoms with Crippen LogP contribution in [0.3, 0.4) is 0 Å². The molecule has 1 heterocycles. The third kappa shape index (κ3) is 4.50. The van der Waals surface area contributed by atoms with Crippen molar-refractivity contribution in [2.75, 3.05) is 19.6 Å². The van der Waals surface area contributed by atoms with Crippen molar-refractivity contribution in [2.24, 2.45) is 11.8 Å². The molecule has 0 aromatic heterocycles. The fourth-order valence-corrected chi connectivity index (χ4v) is 3.50. The summed E-state index contributed by atoms with van der Waals surface area (Å²) in [7, 11) is 0. The maximum absolute atomic E-state index is 12.2. The third-order valence-corrected chi connectivity index (χ3v) is 4.81. The number of likely N-dealkylation sites (tertiary alicyclic amines) is 1. The smallest absolute Gasteiger partial charge is 0.224 e. The van der Waals surface area contributed by atoms with Crippen molar-refractivity contribution in [3.8, 4) is 0 Å². The molecule has 0 aromatic rings. The molecule has 0 aromatic carbocycles. The van der Waals surface area contributed by atoms with Gasteiger partial charge in [-0.05, 0) is 25.2 Å². The molecule has 2 aliphatic rings. The van der Waals surface area contributed by atoms with Crippen molar-refractivity contribution in [1.29, 1.82) is 0 Å². The molecule has 0 spiro atoms. The minimum Gasteiger partial charge on any atom is -0.356 e. The molecule has 0 radical (unpaired) electrons. The first-order chi connectivity index (χ1) is 9.66. The van der Waals surface area contributed by atoms with E-state index in [0.717, 1.165) is 38.3 Å². The maximum Gasteiger partial charge on any atom is 0.224 e. The lowest BCUT2D eigenvalue weighted by molar-refractivity contribution is -0.133. The average Bonchev–Trinajstić information content (AvgIpc) is 2.48. The largest absolute Gasteiger partial charge is 0.356 e. The third-order valence-electron chi connectivity index (χ3n) is 4.81. The van der Waals surface area contributed by atoms with Crippen LogP contribution in [0.4, 0.5) is 0 Å². The molecule has 1 saturated carbocycles. The zero-order chi connectivity index (χ0) is 14.4. The minimum absolute atomic E-state index is 0.000921. The van der Waals surface area contributed by atoms with Crippen molar-refractivity contribution in [1.82, 2.24) is 10.2 Å². The predicted molar refractivity (Wildman–Crippen MR) is 79.2 cm³/mol. The second-order valence-corrected chi connectivity index (χ2v) is 6.39. The molecule has 4 nitrogen and oxygen atoms in total. The lowest BCUT2D eigenvalue weighted by atomic mass is 9.87. The average molecular weight is 280 g/mol. The highest BCUT2D eigenvalue weighted by Crippen LogP contribution is 2.25. The van der Waals surface area contributed by atoms with Crippen LogP contribution in [-0.2, 0) is 9.59 Å². The molecule has 4 heteroatoms. The van der Waals surface area contributed by atoms with Gasteiger partial charge in [0.25, 0.3) is 0 Å². The van der Waals surface area contributed by atoms with Gasteiger partial charge in [-0.15, -0.1) is 0 Å². The first kappa shape index (κ1) is 15.3. The monoisotopic (exact) mass is 280 g/mol. The number of amides is 2. The number of carbonyl (C=O) groups excluding carboxylic acids is 2. The lowest BCUT2D eigenvalue weighted by Crippen LogP contribution is -2.45. The fourth-order valence-electron chi connectivity index (χ4n) is 3.50. The molecular weight excluding hydrogens is 252 g/mol. The summed E-state index contributed by atoms with van der Waals surface area (Å²) in [6.45, 7) is 3.80. The van der Waals surface area contributed by atoms with E-state index in [1.807, 2.05) is 0 Å². The Bertz CT molecular complexity index is 337. The number of carbonyl (C=O) groups is 2. The van der Waals surface area contributed by atoms with Gasteiger partial charge in [0.15, 0.2) is 0 Å². The van der Waals surface area contributed by atoms with Gasteiger partial charge < -0.3 is 10.2 Å². The molecule has 20 heavy (non-hydrogen) atoms. The van der Waals surface area contributed by atoms with Crippen LogP contribution in [0, 0.1) is 11.8 Å². The summed E-state index contributed by atoms with van der Waals surface area (Å²) in [5.41, 5.74) is 0. The molecule has 2 fully saturated rings. The number of piperidine rings is 1. The Balaban J connectivity index is 1.67. The van der Waals surface area contributed by atoms with E-state index in [9.17, 15) is 9.59 Å². The molecule has 1 atom stereocenters. The molecule has 0 unspecified atom stereocenters. The van der Waals surface area contributed by atoms with Crippen LogP contribution in [0.1, 0.15) is 58.3 Å². The fraction of sp³-hybridized carbons (Fsp3) is 0.875. The predicted octanol–water partition coefficient (Wildman–Crippen LogP) is 2.33. The zero-order valence-corrected chi connectivity index (χ0v) is 12.7. The van der Waals surface area contributed by atoms with E-state index in [1.54, 1.807) is 11.8 Å². The van der Waals surface area contributed by atoms with Gasteiger partial charge in [-0.2, -0.15) is 0 Å². The van der Waals surface area contributed by atoms with E-state index in [2.05, 4.69) is 5.32 Å². The summed E-state index contributed by atoms with van der Waals surface area (Å²) in [6, 6.07) is 0. The van der Waals surface area contributed by atoms with Crippen LogP contribution in [-0.4, -0.2) is 36.3 Å². The van der Waals surface area contributed by atoms with Gasteiger partial charge in [0.1, 0.15) is 0 Å². The Labute approximate surface area is 122 Å². The Morgan fingerprint density at radius 2 is 1.85 bits per heavy atom. The van der Waals surface area contributed by atoms with Crippen molar-refractivity contribution in [3.63, 3.8) is 0 Å². The van der Waals surface area contributed by atoms with E-state index in [-0.39, 0.29) is 17.7 Å². The molecule has 2 rings (SSSR count). The van der Waals surface area contributed by atoms with E-state index in [1.165, 1.54) is 32.1 Å². The first-order valence-electron chi connectivity index (χ1n) is 8.20. The Morgan fingerprint density at radius 3 is 2.55 bits per heavy atom. The second kappa shape index (κ2) is 7.65. The van der Waals surface area contributed by atoms with Crippen molar-refractivity contribution in [3.05, 3.63) is 0 Å². The van der Waals surface area contributed by atoms with Gasteiger partial charge in [-0.1, -0.05) is 32.1 Å². The second-order valence-electron chi connectivity index (χ2n) is 6.39. The van der Waals surface area contributed by atoms with Crippen molar-refractivity contribution < 1.29 is 9.59 Å². The number of nitrogens with zero attached hydrogens (tertiary/aromatic N) is 1. The van der Waals surface area contributed by atoms with E-state index in [4.69, 9.17) is 0 Å². The minimum atomic E-state index is -0.000921. The van der Waals surface area contributed by atoms with Crippen LogP contribution in [0.15, 0.2) is 0 Å². The molecule has 0 bridgehead atoms. The standard InChI is InChI=1S/C16H28N2O2/c1-13(19)18-11-5-8-15(12-18)16(20)17-10-9-14-6-3-2-4-7-14/h14-15H,2-12H2,1H3,(H,17,20)/t15-/m0/s1. The number of nitrogens with one attached hydrogen (secondary N) is 1. The first-order valence-corrected chi connectivity index (χ1v) is 8.20. The topological polar surface area (TPSA) is 49.4 Å². The summed E-state index contributed by atoms with van der Waals surface area (Å²) in [5.74, 6) is 1.04. The Kier molecular flexibility index (Phi) is 5.86. The molecule has 1 saturated heterocycles. The summed E-state index contributed by atoms with van der Waals surface area (Å²) in [5, 5.41) is 3.08. The summed E-state index contributed by atoms with van der Waals surface area (Å²) in [4.78, 5) is 25.3.